The maximum atomic E-state index is 11.7. The average molecular weight is 328 g/mol. The molecule has 0 saturated heterocycles. The smallest absolute Gasteiger partial charge is 0.287 e. The number of carbonyl (C=O) groups excluding carboxylic acids is 2. The number of rotatable bonds is 7. The Morgan fingerprint density at radius 1 is 1.25 bits per heavy atom. The molecule has 2 amide bonds. The zero-order valence-electron chi connectivity index (χ0n) is 13.5. The molecule has 126 valence electrons. The third-order valence-electron chi connectivity index (χ3n) is 3.98. The fourth-order valence-corrected chi connectivity index (χ4v) is 2.45. The molecular weight excluding hydrogens is 308 g/mol. The Hall–Kier alpha value is -2.76. The van der Waals surface area contributed by atoms with Crippen molar-refractivity contribution in [1.82, 2.24) is 10.6 Å². The van der Waals surface area contributed by atoms with Crippen molar-refractivity contribution in [1.29, 1.82) is 0 Å². The van der Waals surface area contributed by atoms with Crippen LogP contribution in [0.15, 0.2) is 45.4 Å². The maximum Gasteiger partial charge on any atom is 0.287 e. The number of amides is 2. The molecule has 2 atom stereocenters. The van der Waals surface area contributed by atoms with Gasteiger partial charge in [-0.3, -0.25) is 9.59 Å². The predicted molar refractivity (Wildman–Crippen MR) is 88.3 cm³/mol. The van der Waals surface area contributed by atoms with Crippen molar-refractivity contribution in [2.75, 3.05) is 13.1 Å². The highest BCUT2D eigenvalue weighted by molar-refractivity contribution is 5.92. The number of hydrogen-bond acceptors (Lipinski definition) is 4. The molecule has 3 rings (SSSR count). The standard InChI is InChI=1S/C18H20N2O4/c1-12-11-14(12)15-6-4-13(24-15)5-7-17(21)19-8-9-20-18(22)16-3-2-10-23-16/h2-7,10,12,14H,8-9,11H2,1H3,(H,19,21)(H,20,22)/b7-5+/t12-,14+/m1/s1. The van der Waals surface area contributed by atoms with Gasteiger partial charge in [-0.25, -0.2) is 0 Å². The Bertz CT molecular complexity index is 730. The Morgan fingerprint density at radius 3 is 2.75 bits per heavy atom. The molecule has 1 saturated carbocycles. The number of furan rings is 2. The largest absolute Gasteiger partial charge is 0.461 e. The minimum atomic E-state index is -0.304. The molecule has 1 fully saturated rings. The molecule has 0 unspecified atom stereocenters. The molecule has 6 nitrogen and oxygen atoms in total. The Morgan fingerprint density at radius 2 is 2.04 bits per heavy atom. The van der Waals surface area contributed by atoms with Crippen LogP contribution in [0.5, 0.6) is 0 Å². The van der Waals surface area contributed by atoms with Crippen LogP contribution in [0.3, 0.4) is 0 Å². The van der Waals surface area contributed by atoms with Crippen molar-refractivity contribution in [2.24, 2.45) is 5.92 Å². The third kappa shape index (κ3) is 4.16. The second-order valence-corrected chi connectivity index (χ2v) is 5.92. The van der Waals surface area contributed by atoms with Crippen LogP contribution in [0.1, 0.15) is 41.3 Å². The summed E-state index contributed by atoms with van der Waals surface area (Å²) in [5.74, 6) is 2.59. The second kappa shape index (κ2) is 7.21. The zero-order chi connectivity index (χ0) is 16.9. The minimum Gasteiger partial charge on any atom is -0.461 e. The summed E-state index contributed by atoms with van der Waals surface area (Å²) in [4.78, 5) is 23.3. The molecule has 2 aromatic rings. The molecule has 2 N–H and O–H groups in total. The lowest BCUT2D eigenvalue weighted by atomic mass is 10.3. The van der Waals surface area contributed by atoms with Crippen molar-refractivity contribution in [3.63, 3.8) is 0 Å². The van der Waals surface area contributed by atoms with E-state index >= 15 is 0 Å². The summed E-state index contributed by atoms with van der Waals surface area (Å²) >= 11 is 0. The number of hydrogen-bond donors (Lipinski definition) is 2. The molecule has 0 aromatic carbocycles. The molecule has 0 radical (unpaired) electrons. The van der Waals surface area contributed by atoms with Gasteiger partial charge in [0.05, 0.1) is 6.26 Å². The van der Waals surface area contributed by atoms with E-state index in [1.165, 1.54) is 18.8 Å². The van der Waals surface area contributed by atoms with E-state index in [1.54, 1.807) is 18.2 Å². The third-order valence-corrected chi connectivity index (χ3v) is 3.98. The average Bonchev–Trinajstić information content (AvgIpc) is 3.03. The van der Waals surface area contributed by atoms with Gasteiger partial charge < -0.3 is 19.5 Å². The maximum absolute atomic E-state index is 11.7. The van der Waals surface area contributed by atoms with E-state index in [0.717, 1.165) is 5.76 Å². The zero-order valence-corrected chi connectivity index (χ0v) is 13.5. The van der Waals surface area contributed by atoms with E-state index in [1.807, 2.05) is 12.1 Å². The molecule has 6 heteroatoms. The van der Waals surface area contributed by atoms with Crippen LogP contribution < -0.4 is 10.6 Å². The van der Waals surface area contributed by atoms with Gasteiger partial charge in [0.25, 0.3) is 5.91 Å². The fraction of sp³-hybridized carbons (Fsp3) is 0.333. The monoisotopic (exact) mass is 328 g/mol. The van der Waals surface area contributed by atoms with Crippen LogP contribution in [-0.2, 0) is 4.79 Å². The van der Waals surface area contributed by atoms with Crippen LogP contribution in [-0.4, -0.2) is 24.9 Å². The molecule has 0 bridgehead atoms. The van der Waals surface area contributed by atoms with Gasteiger partial charge >= 0.3 is 0 Å². The van der Waals surface area contributed by atoms with Crippen LogP contribution >= 0.6 is 0 Å². The van der Waals surface area contributed by atoms with Gasteiger partial charge in [-0.2, -0.15) is 0 Å². The van der Waals surface area contributed by atoms with Crippen molar-refractivity contribution < 1.29 is 18.4 Å². The van der Waals surface area contributed by atoms with E-state index in [-0.39, 0.29) is 17.6 Å². The lowest BCUT2D eigenvalue weighted by Gasteiger charge is -2.03. The molecule has 1 aliphatic carbocycles. The SMILES string of the molecule is C[C@@H]1C[C@@H]1c1ccc(/C=C/C(=O)NCCNC(=O)c2ccco2)o1. The molecule has 2 aromatic heterocycles. The van der Waals surface area contributed by atoms with Gasteiger partial charge in [0, 0.05) is 25.1 Å². The van der Waals surface area contributed by atoms with Crippen LogP contribution in [0, 0.1) is 5.92 Å². The predicted octanol–water partition coefficient (Wildman–Crippen LogP) is 2.56. The van der Waals surface area contributed by atoms with Gasteiger partial charge in [-0.15, -0.1) is 0 Å². The molecule has 0 spiro atoms. The van der Waals surface area contributed by atoms with E-state index in [0.29, 0.717) is 30.7 Å². The molecule has 1 aliphatic rings. The van der Waals surface area contributed by atoms with Gasteiger partial charge in [-0.05, 0) is 42.7 Å². The van der Waals surface area contributed by atoms with Gasteiger partial charge in [0.2, 0.25) is 5.91 Å². The van der Waals surface area contributed by atoms with E-state index in [2.05, 4.69) is 17.6 Å². The van der Waals surface area contributed by atoms with Crippen LogP contribution in [0.2, 0.25) is 0 Å². The van der Waals surface area contributed by atoms with Crippen molar-refractivity contribution in [3.05, 3.63) is 53.9 Å². The second-order valence-electron chi connectivity index (χ2n) is 5.92. The summed E-state index contributed by atoms with van der Waals surface area (Å²) in [5, 5.41) is 5.34. The summed E-state index contributed by atoms with van der Waals surface area (Å²) in [6.07, 6.45) is 5.67. The van der Waals surface area contributed by atoms with Gasteiger partial charge in [-0.1, -0.05) is 6.92 Å². The quantitative estimate of drug-likeness (QED) is 0.604. The first-order valence-corrected chi connectivity index (χ1v) is 8.01. The van der Waals surface area contributed by atoms with E-state index in [4.69, 9.17) is 8.83 Å². The van der Waals surface area contributed by atoms with Crippen molar-refractivity contribution >= 4 is 17.9 Å². The van der Waals surface area contributed by atoms with Crippen LogP contribution in [0.25, 0.3) is 6.08 Å². The Balaban J connectivity index is 1.36. The number of carbonyl (C=O) groups is 2. The van der Waals surface area contributed by atoms with Crippen molar-refractivity contribution in [3.8, 4) is 0 Å². The lowest BCUT2D eigenvalue weighted by molar-refractivity contribution is -0.116. The molecular formula is C18H20N2O4. The topological polar surface area (TPSA) is 84.5 Å². The van der Waals surface area contributed by atoms with Crippen molar-refractivity contribution in [2.45, 2.75) is 19.3 Å². The highest BCUT2D eigenvalue weighted by atomic mass is 16.3. The minimum absolute atomic E-state index is 0.236. The molecule has 0 aliphatic heterocycles. The first-order valence-electron chi connectivity index (χ1n) is 8.01. The molecule has 24 heavy (non-hydrogen) atoms. The Labute approximate surface area is 139 Å². The van der Waals surface area contributed by atoms with Crippen LogP contribution in [0.4, 0.5) is 0 Å². The lowest BCUT2D eigenvalue weighted by Crippen LogP contribution is -2.33. The fourth-order valence-electron chi connectivity index (χ4n) is 2.45. The summed E-state index contributed by atoms with van der Waals surface area (Å²) in [6.45, 7) is 2.85. The number of nitrogens with one attached hydrogen (secondary N) is 2. The highest BCUT2D eigenvalue weighted by Crippen LogP contribution is 2.47. The van der Waals surface area contributed by atoms with Gasteiger partial charge in [0.15, 0.2) is 5.76 Å². The normalized spacial score (nSPS) is 19.4. The molecule has 2 heterocycles. The Kier molecular flexibility index (Phi) is 4.84. The highest BCUT2D eigenvalue weighted by Gasteiger charge is 2.36. The summed E-state index contributed by atoms with van der Waals surface area (Å²) in [7, 11) is 0. The summed E-state index contributed by atoms with van der Waals surface area (Å²) in [6, 6.07) is 7.06. The van der Waals surface area contributed by atoms with E-state index < -0.39 is 0 Å². The first kappa shape index (κ1) is 16.1. The summed E-state index contributed by atoms with van der Waals surface area (Å²) < 4.78 is 10.7. The first-order chi connectivity index (χ1) is 11.6. The summed E-state index contributed by atoms with van der Waals surface area (Å²) in [5.41, 5.74) is 0. The van der Waals surface area contributed by atoms with E-state index in [9.17, 15) is 9.59 Å². The van der Waals surface area contributed by atoms with Gasteiger partial charge in [0.1, 0.15) is 11.5 Å².